The number of hydrogen-bond donors (Lipinski definition) is 0. The average molecular weight is 341 g/mol. The number of aromatic nitrogens is 1. The fourth-order valence-corrected chi connectivity index (χ4v) is 2.50. The van der Waals surface area contributed by atoms with Crippen LogP contribution in [0.25, 0.3) is 10.9 Å². The Morgan fingerprint density at radius 1 is 1.40 bits per heavy atom. The molecule has 0 N–H and O–H groups in total. The summed E-state index contributed by atoms with van der Waals surface area (Å²) >= 11 is 3.25. The summed E-state index contributed by atoms with van der Waals surface area (Å²) in [6.07, 6.45) is 3.58. The van der Waals surface area contributed by atoms with Gasteiger partial charge in [-0.3, -0.25) is 0 Å². The first-order valence-electron chi connectivity index (χ1n) is 6.36. The smallest absolute Gasteiger partial charge is 0.138 e. The van der Waals surface area contributed by atoms with E-state index < -0.39 is 0 Å². The van der Waals surface area contributed by atoms with Gasteiger partial charge in [-0.05, 0) is 33.5 Å². The summed E-state index contributed by atoms with van der Waals surface area (Å²) in [5.74, 6) is -0.280. The van der Waals surface area contributed by atoms with Crippen molar-refractivity contribution in [2.45, 2.75) is 27.3 Å². The predicted molar refractivity (Wildman–Crippen MR) is 83.7 cm³/mol. The monoisotopic (exact) mass is 340 g/mol. The van der Waals surface area contributed by atoms with Gasteiger partial charge in [0.1, 0.15) is 12.9 Å². The minimum Gasteiger partial charge on any atom is -0.399 e. The highest BCUT2D eigenvalue weighted by molar-refractivity contribution is 9.10. The number of halogens is 2. The van der Waals surface area contributed by atoms with Gasteiger partial charge < -0.3 is 9.40 Å². The van der Waals surface area contributed by atoms with E-state index in [0.717, 1.165) is 23.0 Å². The van der Waals surface area contributed by atoms with Gasteiger partial charge in [0.25, 0.3) is 0 Å². The van der Waals surface area contributed by atoms with Crippen LogP contribution in [0.2, 0.25) is 0 Å². The van der Waals surface area contributed by atoms with Crippen molar-refractivity contribution in [3.05, 3.63) is 34.2 Å². The van der Waals surface area contributed by atoms with Gasteiger partial charge in [-0.1, -0.05) is 25.9 Å². The molecule has 5 heteroatoms. The molecule has 0 saturated carbocycles. The molecule has 0 saturated heterocycles. The van der Waals surface area contributed by atoms with Crippen LogP contribution in [0.1, 0.15) is 26.3 Å². The molecule has 0 radical (unpaired) electrons. The molecule has 0 amide bonds. The molecule has 3 nitrogen and oxygen atoms in total. The third-order valence-electron chi connectivity index (χ3n) is 2.90. The van der Waals surface area contributed by atoms with E-state index >= 15 is 0 Å². The number of oxime groups is 1. The van der Waals surface area contributed by atoms with Crippen LogP contribution in [0.4, 0.5) is 4.39 Å². The second-order valence-electron chi connectivity index (χ2n) is 5.97. The molecule has 0 spiro atoms. The van der Waals surface area contributed by atoms with Crippen LogP contribution in [-0.2, 0) is 11.4 Å². The largest absolute Gasteiger partial charge is 0.399 e. The highest BCUT2D eigenvalue weighted by Crippen LogP contribution is 2.29. The second-order valence-corrected chi connectivity index (χ2v) is 6.83. The zero-order valence-electron chi connectivity index (χ0n) is 12.1. The Balaban J connectivity index is 2.63. The second kappa shape index (κ2) is 5.56. The molecule has 1 aromatic heterocycles. The maximum absolute atomic E-state index is 13.8. The first-order chi connectivity index (χ1) is 9.31. The van der Waals surface area contributed by atoms with Crippen molar-refractivity contribution in [3.8, 4) is 0 Å². The van der Waals surface area contributed by atoms with E-state index in [4.69, 9.17) is 4.84 Å². The molecular weight excluding hydrogens is 323 g/mol. The molecule has 0 bridgehead atoms. The zero-order chi connectivity index (χ0) is 14.9. The van der Waals surface area contributed by atoms with Crippen LogP contribution in [0, 0.1) is 11.2 Å². The van der Waals surface area contributed by atoms with Crippen LogP contribution in [-0.4, -0.2) is 17.9 Å². The lowest BCUT2D eigenvalue weighted by atomic mass is 9.97. The first kappa shape index (κ1) is 15.0. The fraction of sp³-hybridized carbons (Fsp3) is 0.400. The molecule has 0 aliphatic carbocycles. The average Bonchev–Trinajstić information content (AvgIpc) is 2.63. The van der Waals surface area contributed by atoms with Crippen LogP contribution in [0.3, 0.4) is 0 Å². The van der Waals surface area contributed by atoms with Crippen molar-refractivity contribution >= 4 is 33.0 Å². The number of nitrogens with zero attached hydrogens (tertiary/aromatic N) is 2. The summed E-state index contributed by atoms with van der Waals surface area (Å²) in [6.45, 7) is 7.34. The lowest BCUT2D eigenvalue weighted by Crippen LogP contribution is -2.14. The lowest BCUT2D eigenvalue weighted by molar-refractivity contribution is 0.215. The van der Waals surface area contributed by atoms with Crippen LogP contribution >= 0.6 is 15.9 Å². The van der Waals surface area contributed by atoms with E-state index in [1.54, 1.807) is 12.3 Å². The summed E-state index contributed by atoms with van der Waals surface area (Å²) < 4.78 is 16.4. The van der Waals surface area contributed by atoms with Gasteiger partial charge in [-0.25, -0.2) is 4.39 Å². The Morgan fingerprint density at radius 3 is 2.70 bits per heavy atom. The van der Waals surface area contributed by atoms with Gasteiger partial charge >= 0.3 is 0 Å². The summed E-state index contributed by atoms with van der Waals surface area (Å²) in [5, 5.41) is 4.61. The Kier molecular flexibility index (Phi) is 4.18. The quantitative estimate of drug-likeness (QED) is 0.593. The van der Waals surface area contributed by atoms with E-state index in [9.17, 15) is 4.39 Å². The fourth-order valence-electron chi connectivity index (χ4n) is 2.17. The Morgan fingerprint density at radius 2 is 2.10 bits per heavy atom. The standard InChI is InChI=1S/C15H18BrFN2O/c1-15(2,3)9-19-8-10(7-18-20-4)11-5-13(17)12(16)6-14(11)19/h5-8H,9H2,1-4H3/b18-7+. The molecule has 20 heavy (non-hydrogen) atoms. The third kappa shape index (κ3) is 3.20. The summed E-state index contributed by atoms with van der Waals surface area (Å²) in [7, 11) is 1.49. The highest BCUT2D eigenvalue weighted by Gasteiger charge is 2.16. The predicted octanol–water partition coefficient (Wildman–Crippen LogP) is 4.57. The zero-order valence-corrected chi connectivity index (χ0v) is 13.7. The van der Waals surface area contributed by atoms with E-state index in [0.29, 0.717) is 4.47 Å². The number of fused-ring (bicyclic) bond motifs is 1. The van der Waals surface area contributed by atoms with Crippen molar-refractivity contribution in [2.75, 3.05) is 7.11 Å². The van der Waals surface area contributed by atoms with Crippen molar-refractivity contribution in [1.82, 2.24) is 4.57 Å². The number of hydrogen-bond acceptors (Lipinski definition) is 2. The molecule has 2 rings (SSSR count). The van der Waals surface area contributed by atoms with Gasteiger partial charge in [0.2, 0.25) is 0 Å². The molecule has 108 valence electrons. The molecule has 0 aliphatic heterocycles. The van der Waals surface area contributed by atoms with Gasteiger partial charge in [-0.2, -0.15) is 0 Å². The lowest BCUT2D eigenvalue weighted by Gasteiger charge is -2.19. The maximum atomic E-state index is 13.8. The van der Waals surface area contributed by atoms with Gasteiger partial charge in [0, 0.05) is 23.7 Å². The minimum atomic E-state index is -0.280. The number of rotatable bonds is 3. The van der Waals surface area contributed by atoms with Gasteiger partial charge in [0.05, 0.1) is 16.2 Å². The van der Waals surface area contributed by atoms with Gasteiger partial charge in [0.15, 0.2) is 0 Å². The molecule has 2 aromatic rings. The molecule has 0 atom stereocenters. The van der Waals surface area contributed by atoms with Crippen molar-refractivity contribution < 1.29 is 9.23 Å². The normalized spacial score (nSPS) is 12.5. The molecule has 0 unspecified atom stereocenters. The molecule has 1 heterocycles. The summed E-state index contributed by atoms with van der Waals surface area (Å²) in [5.41, 5.74) is 1.95. The van der Waals surface area contributed by atoms with Crippen molar-refractivity contribution in [2.24, 2.45) is 10.6 Å². The van der Waals surface area contributed by atoms with Crippen LogP contribution in [0.15, 0.2) is 28.0 Å². The third-order valence-corrected chi connectivity index (χ3v) is 3.50. The SMILES string of the molecule is CO/N=C/c1cn(CC(C)(C)C)c2cc(Br)c(F)cc12. The Bertz CT molecular complexity index is 656. The highest BCUT2D eigenvalue weighted by atomic mass is 79.9. The topological polar surface area (TPSA) is 26.5 Å². The molecular formula is C15H18BrFN2O. The first-order valence-corrected chi connectivity index (χ1v) is 7.15. The van der Waals surface area contributed by atoms with Crippen molar-refractivity contribution in [1.29, 1.82) is 0 Å². The van der Waals surface area contributed by atoms with Crippen molar-refractivity contribution in [3.63, 3.8) is 0 Å². The Labute approximate surface area is 126 Å². The molecule has 0 fully saturated rings. The Hall–Kier alpha value is -1.36. The maximum Gasteiger partial charge on any atom is 0.138 e. The minimum absolute atomic E-state index is 0.127. The van der Waals surface area contributed by atoms with E-state index in [1.165, 1.54) is 13.2 Å². The van der Waals surface area contributed by atoms with Crippen LogP contribution in [0.5, 0.6) is 0 Å². The van der Waals surface area contributed by atoms with E-state index in [-0.39, 0.29) is 11.2 Å². The van der Waals surface area contributed by atoms with E-state index in [2.05, 4.69) is 46.4 Å². The van der Waals surface area contributed by atoms with Gasteiger partial charge in [-0.15, -0.1) is 0 Å². The van der Waals surface area contributed by atoms with Crippen LogP contribution < -0.4 is 0 Å². The molecule has 1 aromatic carbocycles. The number of benzene rings is 1. The summed E-state index contributed by atoms with van der Waals surface area (Å²) in [6, 6.07) is 3.33. The van der Waals surface area contributed by atoms with E-state index in [1.807, 2.05) is 6.20 Å². The summed E-state index contributed by atoms with van der Waals surface area (Å²) in [4.78, 5) is 4.72. The molecule has 0 aliphatic rings.